The molecule has 1 unspecified atom stereocenters. The smallest absolute Gasteiger partial charge is 0.227 e. The minimum absolute atomic E-state index is 0.249. The number of nitrogens with zero attached hydrogens (tertiary/aromatic N) is 2. The number of rotatable bonds is 3. The lowest BCUT2D eigenvalue weighted by Gasteiger charge is -2.19. The van der Waals surface area contributed by atoms with Gasteiger partial charge in [-0.3, -0.25) is 0 Å². The largest absolute Gasteiger partial charge is 0.508 e. The van der Waals surface area contributed by atoms with Crippen LogP contribution in [0.15, 0.2) is 28.8 Å². The zero-order valence-electron chi connectivity index (χ0n) is 11.3. The van der Waals surface area contributed by atoms with E-state index in [2.05, 4.69) is 10.1 Å². The van der Waals surface area contributed by atoms with E-state index in [1.165, 1.54) is 25.7 Å². The number of phenols is 1. The van der Waals surface area contributed by atoms with Gasteiger partial charge in [0.15, 0.2) is 0 Å². The summed E-state index contributed by atoms with van der Waals surface area (Å²) in [7, 11) is 0. The van der Waals surface area contributed by atoms with Gasteiger partial charge in [-0.1, -0.05) is 11.6 Å². The van der Waals surface area contributed by atoms with Crippen molar-refractivity contribution in [3.8, 4) is 17.1 Å². The molecule has 2 aromatic rings. The van der Waals surface area contributed by atoms with Gasteiger partial charge in [0, 0.05) is 12.0 Å². The summed E-state index contributed by atoms with van der Waals surface area (Å²) in [6.07, 6.45) is 6.47. The predicted octanol–water partition coefficient (Wildman–Crippen LogP) is 3.42. The Hall–Kier alpha value is -1.84. The molecule has 2 fully saturated rings. The Bertz CT molecular complexity index is 605. The van der Waals surface area contributed by atoms with Crippen molar-refractivity contribution in [1.29, 1.82) is 0 Å². The summed E-state index contributed by atoms with van der Waals surface area (Å²) in [6.45, 7) is 0. The third-order valence-electron chi connectivity index (χ3n) is 4.91. The molecule has 2 aliphatic rings. The van der Waals surface area contributed by atoms with Gasteiger partial charge in [-0.15, -0.1) is 0 Å². The van der Waals surface area contributed by atoms with Crippen LogP contribution in [0.5, 0.6) is 5.75 Å². The third-order valence-corrected chi connectivity index (χ3v) is 4.91. The van der Waals surface area contributed by atoms with E-state index in [4.69, 9.17) is 4.52 Å². The van der Waals surface area contributed by atoms with Gasteiger partial charge in [0.1, 0.15) is 5.75 Å². The molecule has 3 atom stereocenters. The zero-order valence-corrected chi connectivity index (χ0v) is 11.3. The maximum atomic E-state index is 9.29. The maximum absolute atomic E-state index is 9.29. The molecule has 0 aliphatic heterocycles. The van der Waals surface area contributed by atoms with E-state index in [1.54, 1.807) is 12.1 Å². The first-order valence-corrected chi connectivity index (χ1v) is 7.40. The topological polar surface area (TPSA) is 59.2 Å². The van der Waals surface area contributed by atoms with Crippen LogP contribution in [0.2, 0.25) is 0 Å². The van der Waals surface area contributed by atoms with Crippen molar-refractivity contribution in [2.75, 3.05) is 0 Å². The molecule has 4 rings (SSSR count). The fourth-order valence-corrected chi connectivity index (χ4v) is 3.92. The summed E-state index contributed by atoms with van der Waals surface area (Å²) in [6, 6.07) is 6.89. The second kappa shape index (κ2) is 4.62. The highest BCUT2D eigenvalue weighted by Gasteiger charge is 2.40. The normalized spacial score (nSPS) is 28.1. The average molecular weight is 270 g/mol. The van der Waals surface area contributed by atoms with Gasteiger partial charge in [0.2, 0.25) is 11.7 Å². The highest BCUT2D eigenvalue weighted by atomic mass is 16.5. The Labute approximate surface area is 117 Å². The first kappa shape index (κ1) is 11.9. The minimum atomic E-state index is 0.249. The fourth-order valence-electron chi connectivity index (χ4n) is 3.92. The van der Waals surface area contributed by atoms with E-state index < -0.39 is 0 Å². The lowest BCUT2D eigenvalue weighted by Crippen LogP contribution is -2.13. The number of benzene rings is 1. The van der Waals surface area contributed by atoms with Crippen LogP contribution in [-0.2, 0) is 6.42 Å². The summed E-state index contributed by atoms with van der Waals surface area (Å²) in [5.41, 5.74) is 0.880. The van der Waals surface area contributed by atoms with Crippen molar-refractivity contribution >= 4 is 0 Å². The molecule has 4 nitrogen and oxygen atoms in total. The van der Waals surface area contributed by atoms with Crippen molar-refractivity contribution in [2.24, 2.45) is 17.8 Å². The molecular formula is C16H18N2O2. The summed E-state index contributed by atoms with van der Waals surface area (Å²) in [5.74, 6) is 4.18. The highest BCUT2D eigenvalue weighted by molar-refractivity contribution is 5.55. The fraction of sp³-hybridized carbons (Fsp3) is 0.500. The van der Waals surface area contributed by atoms with Gasteiger partial charge in [0.25, 0.3) is 0 Å². The van der Waals surface area contributed by atoms with E-state index in [0.29, 0.717) is 5.82 Å². The van der Waals surface area contributed by atoms with Gasteiger partial charge < -0.3 is 9.63 Å². The van der Waals surface area contributed by atoms with E-state index >= 15 is 0 Å². The van der Waals surface area contributed by atoms with Crippen molar-refractivity contribution in [2.45, 2.75) is 32.1 Å². The molecule has 2 saturated carbocycles. The molecular weight excluding hydrogens is 252 g/mol. The minimum Gasteiger partial charge on any atom is -0.508 e. The van der Waals surface area contributed by atoms with E-state index in [9.17, 15) is 5.11 Å². The second-order valence-corrected chi connectivity index (χ2v) is 6.20. The Morgan fingerprint density at radius 2 is 2.00 bits per heavy atom. The molecule has 20 heavy (non-hydrogen) atoms. The first-order valence-electron chi connectivity index (χ1n) is 7.40. The molecule has 1 aromatic heterocycles. The van der Waals surface area contributed by atoms with Crippen LogP contribution < -0.4 is 0 Å². The van der Waals surface area contributed by atoms with Crippen LogP contribution in [0.25, 0.3) is 11.4 Å². The van der Waals surface area contributed by atoms with Crippen LogP contribution in [0, 0.1) is 17.8 Å². The summed E-state index contributed by atoms with van der Waals surface area (Å²) < 4.78 is 5.40. The number of aromatic nitrogens is 2. The van der Waals surface area contributed by atoms with Crippen LogP contribution in [0.1, 0.15) is 31.6 Å². The molecule has 0 radical (unpaired) electrons. The average Bonchev–Trinajstić information content (AvgIpc) is 3.16. The Morgan fingerprint density at radius 1 is 1.15 bits per heavy atom. The molecule has 2 bridgehead atoms. The van der Waals surface area contributed by atoms with Crippen LogP contribution in [-0.4, -0.2) is 15.2 Å². The lowest BCUT2D eigenvalue weighted by molar-refractivity contribution is 0.288. The number of hydrogen-bond donors (Lipinski definition) is 1. The molecule has 2 aliphatic carbocycles. The van der Waals surface area contributed by atoms with Crippen molar-refractivity contribution in [3.05, 3.63) is 30.2 Å². The third kappa shape index (κ3) is 2.09. The number of aromatic hydroxyl groups is 1. The van der Waals surface area contributed by atoms with E-state index in [0.717, 1.165) is 35.6 Å². The van der Waals surface area contributed by atoms with Gasteiger partial charge in [-0.25, -0.2) is 0 Å². The van der Waals surface area contributed by atoms with Crippen molar-refractivity contribution < 1.29 is 9.63 Å². The Morgan fingerprint density at radius 3 is 2.70 bits per heavy atom. The monoisotopic (exact) mass is 270 g/mol. The molecule has 4 heteroatoms. The standard InChI is InChI=1S/C16H18N2O2/c19-14-5-3-11(4-6-14)16-17-15(20-18-16)9-13-8-10-1-2-12(13)7-10/h3-6,10,12-13,19H,1-2,7-9H2/t10-,12+,13?/m0/s1. The number of hydrogen-bond acceptors (Lipinski definition) is 4. The van der Waals surface area contributed by atoms with Crippen LogP contribution in [0.3, 0.4) is 0 Å². The molecule has 1 N–H and O–H groups in total. The van der Waals surface area contributed by atoms with Crippen molar-refractivity contribution in [1.82, 2.24) is 10.1 Å². The summed E-state index contributed by atoms with van der Waals surface area (Å²) >= 11 is 0. The quantitative estimate of drug-likeness (QED) is 0.928. The SMILES string of the molecule is Oc1ccc(-c2noc(CC3C[C@H]4CC[C@@H]3C4)n2)cc1. The molecule has 0 amide bonds. The molecule has 1 aromatic carbocycles. The zero-order chi connectivity index (χ0) is 13.5. The van der Waals surface area contributed by atoms with Crippen LogP contribution >= 0.6 is 0 Å². The van der Waals surface area contributed by atoms with E-state index in [1.807, 2.05) is 12.1 Å². The maximum Gasteiger partial charge on any atom is 0.227 e. The van der Waals surface area contributed by atoms with Crippen LogP contribution in [0.4, 0.5) is 0 Å². The Kier molecular flexibility index (Phi) is 2.76. The van der Waals surface area contributed by atoms with E-state index in [-0.39, 0.29) is 5.75 Å². The summed E-state index contributed by atoms with van der Waals surface area (Å²) in [5, 5.41) is 13.3. The first-order chi connectivity index (χ1) is 9.78. The molecule has 104 valence electrons. The van der Waals surface area contributed by atoms with Gasteiger partial charge >= 0.3 is 0 Å². The van der Waals surface area contributed by atoms with Gasteiger partial charge in [0.05, 0.1) is 0 Å². The lowest BCUT2D eigenvalue weighted by atomic mass is 9.86. The Balaban J connectivity index is 1.49. The number of fused-ring (bicyclic) bond motifs is 2. The second-order valence-electron chi connectivity index (χ2n) is 6.20. The summed E-state index contributed by atoms with van der Waals surface area (Å²) in [4.78, 5) is 4.50. The van der Waals surface area contributed by atoms with Gasteiger partial charge in [-0.2, -0.15) is 4.98 Å². The van der Waals surface area contributed by atoms with Gasteiger partial charge in [-0.05, 0) is 61.3 Å². The number of phenolic OH excluding ortho intramolecular Hbond substituents is 1. The molecule has 1 heterocycles. The molecule has 0 spiro atoms. The highest BCUT2D eigenvalue weighted by Crippen LogP contribution is 2.49. The molecule has 0 saturated heterocycles. The predicted molar refractivity (Wildman–Crippen MR) is 74.0 cm³/mol. The van der Waals surface area contributed by atoms with Crippen molar-refractivity contribution in [3.63, 3.8) is 0 Å².